The second-order valence-corrected chi connectivity index (χ2v) is 2.81. The van der Waals surface area contributed by atoms with Crippen molar-refractivity contribution in [3.05, 3.63) is 23.0 Å². The van der Waals surface area contributed by atoms with Crippen molar-refractivity contribution in [2.45, 2.75) is 13.0 Å². The van der Waals surface area contributed by atoms with Gasteiger partial charge in [0.05, 0.1) is 13.2 Å². The van der Waals surface area contributed by atoms with Crippen LogP contribution in [0.1, 0.15) is 18.6 Å². The number of aromatic nitrogens is 1. The largest absolute Gasteiger partial charge is 0.496 e. The molecular formula is C8H10ClNO2. The Bertz CT molecular complexity index is 276. The summed E-state index contributed by atoms with van der Waals surface area (Å²) in [6, 6.07) is 1.57. The van der Waals surface area contributed by atoms with E-state index in [4.69, 9.17) is 16.3 Å². The van der Waals surface area contributed by atoms with Gasteiger partial charge in [0.2, 0.25) is 0 Å². The number of methoxy groups -OCH3 is 1. The van der Waals surface area contributed by atoms with Crippen LogP contribution in [0, 0.1) is 0 Å². The fraction of sp³-hybridized carbons (Fsp3) is 0.375. The van der Waals surface area contributed by atoms with Crippen molar-refractivity contribution in [3.63, 3.8) is 0 Å². The van der Waals surface area contributed by atoms with Gasteiger partial charge >= 0.3 is 0 Å². The quantitative estimate of drug-likeness (QED) is 0.718. The predicted octanol–water partition coefficient (Wildman–Crippen LogP) is 1.80. The van der Waals surface area contributed by atoms with Crippen LogP contribution in [-0.2, 0) is 0 Å². The van der Waals surface area contributed by atoms with Crippen LogP contribution >= 0.6 is 11.6 Å². The molecule has 0 radical (unpaired) electrons. The van der Waals surface area contributed by atoms with Gasteiger partial charge in [0.1, 0.15) is 10.9 Å². The molecule has 1 heterocycles. The highest BCUT2D eigenvalue weighted by Gasteiger charge is 2.09. The van der Waals surface area contributed by atoms with Crippen LogP contribution in [0.25, 0.3) is 0 Å². The minimum absolute atomic E-state index is 0.358. The van der Waals surface area contributed by atoms with Gasteiger partial charge in [0, 0.05) is 17.8 Å². The van der Waals surface area contributed by atoms with Crippen molar-refractivity contribution in [1.29, 1.82) is 0 Å². The van der Waals surface area contributed by atoms with E-state index in [1.54, 1.807) is 13.0 Å². The van der Waals surface area contributed by atoms with Gasteiger partial charge in [-0.05, 0) is 6.92 Å². The molecule has 0 aliphatic rings. The van der Waals surface area contributed by atoms with E-state index in [0.29, 0.717) is 16.5 Å². The van der Waals surface area contributed by atoms with E-state index in [0.717, 1.165) is 0 Å². The molecule has 0 saturated carbocycles. The average molecular weight is 188 g/mol. The van der Waals surface area contributed by atoms with Gasteiger partial charge in [-0.2, -0.15) is 0 Å². The van der Waals surface area contributed by atoms with E-state index < -0.39 is 6.10 Å². The summed E-state index contributed by atoms with van der Waals surface area (Å²) in [5.74, 6) is 0.560. The fourth-order valence-corrected chi connectivity index (χ4v) is 1.06. The van der Waals surface area contributed by atoms with Gasteiger partial charge in [-0.15, -0.1) is 0 Å². The van der Waals surface area contributed by atoms with Crippen molar-refractivity contribution >= 4 is 11.6 Å². The zero-order valence-corrected chi connectivity index (χ0v) is 7.67. The molecular weight excluding hydrogens is 178 g/mol. The topological polar surface area (TPSA) is 42.4 Å². The van der Waals surface area contributed by atoms with Gasteiger partial charge < -0.3 is 9.84 Å². The fourth-order valence-electron chi connectivity index (χ4n) is 0.914. The first-order valence-corrected chi connectivity index (χ1v) is 3.90. The summed E-state index contributed by atoms with van der Waals surface area (Å²) >= 11 is 5.63. The summed E-state index contributed by atoms with van der Waals surface area (Å²) in [6.07, 6.45) is 0.913. The molecule has 0 spiro atoms. The second kappa shape index (κ2) is 3.74. The lowest BCUT2D eigenvalue weighted by molar-refractivity contribution is 0.194. The van der Waals surface area contributed by atoms with Crippen molar-refractivity contribution in [3.8, 4) is 5.75 Å². The Balaban J connectivity index is 3.11. The van der Waals surface area contributed by atoms with Gasteiger partial charge in [0.25, 0.3) is 0 Å². The van der Waals surface area contributed by atoms with E-state index in [1.807, 2.05) is 0 Å². The summed E-state index contributed by atoms with van der Waals surface area (Å²) in [5, 5.41) is 9.62. The maximum Gasteiger partial charge on any atom is 0.132 e. The van der Waals surface area contributed by atoms with Crippen molar-refractivity contribution in [2.24, 2.45) is 0 Å². The molecule has 0 aliphatic carbocycles. The highest BCUT2D eigenvalue weighted by molar-refractivity contribution is 6.29. The third-order valence-corrected chi connectivity index (χ3v) is 1.74. The van der Waals surface area contributed by atoms with E-state index in [2.05, 4.69) is 4.98 Å². The number of halogens is 1. The molecule has 1 aromatic rings. The molecule has 0 bridgehead atoms. The molecule has 1 N–H and O–H groups in total. The SMILES string of the molecule is COc1cc(Cl)ncc1C(C)O. The summed E-state index contributed by atoms with van der Waals surface area (Å²) in [7, 11) is 1.53. The summed E-state index contributed by atoms with van der Waals surface area (Å²) in [6.45, 7) is 1.65. The Morgan fingerprint density at radius 1 is 1.67 bits per heavy atom. The number of nitrogens with zero attached hydrogens (tertiary/aromatic N) is 1. The second-order valence-electron chi connectivity index (χ2n) is 2.42. The van der Waals surface area contributed by atoms with Crippen LogP contribution in [0.15, 0.2) is 12.3 Å². The maximum atomic E-state index is 9.26. The number of hydrogen-bond donors (Lipinski definition) is 1. The highest BCUT2D eigenvalue weighted by atomic mass is 35.5. The number of aliphatic hydroxyl groups excluding tert-OH is 1. The third kappa shape index (κ3) is 1.87. The normalized spacial score (nSPS) is 12.7. The van der Waals surface area contributed by atoms with Crippen molar-refractivity contribution in [2.75, 3.05) is 7.11 Å². The Kier molecular flexibility index (Phi) is 2.89. The first-order valence-electron chi connectivity index (χ1n) is 3.52. The summed E-state index contributed by atoms with van der Waals surface area (Å²) in [4.78, 5) is 3.83. The molecule has 12 heavy (non-hydrogen) atoms. The van der Waals surface area contributed by atoms with Gasteiger partial charge in [-0.3, -0.25) is 0 Å². The molecule has 0 aliphatic heterocycles. The molecule has 1 atom stereocenters. The lowest BCUT2D eigenvalue weighted by atomic mass is 10.2. The van der Waals surface area contributed by atoms with Crippen LogP contribution in [0.5, 0.6) is 5.75 Å². The Hall–Kier alpha value is -0.800. The van der Waals surface area contributed by atoms with E-state index in [-0.39, 0.29) is 0 Å². The lowest BCUT2D eigenvalue weighted by Gasteiger charge is -2.09. The van der Waals surface area contributed by atoms with Crippen molar-refractivity contribution < 1.29 is 9.84 Å². The van der Waals surface area contributed by atoms with Crippen LogP contribution < -0.4 is 4.74 Å². The molecule has 1 rings (SSSR count). The monoisotopic (exact) mass is 187 g/mol. The highest BCUT2D eigenvalue weighted by Crippen LogP contribution is 2.25. The molecule has 0 amide bonds. The minimum Gasteiger partial charge on any atom is -0.496 e. The smallest absolute Gasteiger partial charge is 0.132 e. The van der Waals surface area contributed by atoms with Crippen LogP contribution in [-0.4, -0.2) is 17.2 Å². The van der Waals surface area contributed by atoms with Crippen LogP contribution in [0.2, 0.25) is 5.15 Å². The maximum absolute atomic E-state index is 9.26. The average Bonchev–Trinajstić information content (AvgIpc) is 2.03. The van der Waals surface area contributed by atoms with Crippen LogP contribution in [0.4, 0.5) is 0 Å². The van der Waals surface area contributed by atoms with Gasteiger partial charge in [-0.1, -0.05) is 11.6 Å². The Labute approximate surface area is 76.0 Å². The molecule has 0 saturated heterocycles. The number of hydrogen-bond acceptors (Lipinski definition) is 3. The molecule has 4 heteroatoms. The van der Waals surface area contributed by atoms with Gasteiger partial charge in [-0.25, -0.2) is 4.98 Å². The van der Waals surface area contributed by atoms with Crippen LogP contribution in [0.3, 0.4) is 0 Å². The van der Waals surface area contributed by atoms with E-state index >= 15 is 0 Å². The van der Waals surface area contributed by atoms with Crippen molar-refractivity contribution in [1.82, 2.24) is 4.98 Å². The minimum atomic E-state index is -0.593. The number of rotatable bonds is 2. The number of pyridine rings is 1. The standard InChI is InChI=1S/C8H10ClNO2/c1-5(11)6-4-10-8(9)3-7(6)12-2/h3-5,11H,1-2H3. The molecule has 1 aromatic heterocycles. The summed E-state index contributed by atoms with van der Waals surface area (Å²) < 4.78 is 5.00. The van der Waals surface area contributed by atoms with E-state index in [9.17, 15) is 5.11 Å². The number of ether oxygens (including phenoxy) is 1. The molecule has 3 nitrogen and oxygen atoms in total. The first-order chi connectivity index (χ1) is 5.65. The zero-order chi connectivity index (χ0) is 9.14. The molecule has 66 valence electrons. The first kappa shape index (κ1) is 9.29. The molecule has 1 unspecified atom stereocenters. The Morgan fingerprint density at radius 2 is 2.33 bits per heavy atom. The summed E-state index contributed by atoms with van der Waals surface area (Å²) in [5.41, 5.74) is 0.641. The van der Waals surface area contributed by atoms with Gasteiger partial charge in [0.15, 0.2) is 0 Å². The van der Waals surface area contributed by atoms with E-state index in [1.165, 1.54) is 13.3 Å². The molecule has 0 aromatic carbocycles. The predicted molar refractivity (Wildman–Crippen MR) is 46.4 cm³/mol. The third-order valence-electron chi connectivity index (χ3n) is 1.53. The Morgan fingerprint density at radius 3 is 2.83 bits per heavy atom. The molecule has 0 fully saturated rings. The lowest BCUT2D eigenvalue weighted by Crippen LogP contribution is -1.97. The zero-order valence-electron chi connectivity index (χ0n) is 6.91. The number of aliphatic hydroxyl groups is 1.